The normalized spacial score (nSPS) is 16.3. The monoisotopic (exact) mass is 388 g/mol. The third-order valence-electron chi connectivity index (χ3n) is 5.30. The van der Waals surface area contributed by atoms with E-state index in [1.165, 1.54) is 0 Å². The Hall–Kier alpha value is -3.18. The second kappa shape index (κ2) is 6.46. The topological polar surface area (TPSA) is 73.8 Å². The summed E-state index contributed by atoms with van der Waals surface area (Å²) in [6.07, 6.45) is 2.74. The zero-order valence-corrected chi connectivity index (χ0v) is 15.7. The Labute approximate surface area is 166 Å². The molecule has 5 rings (SSSR count). The number of pyridine rings is 1. The van der Waals surface area contributed by atoms with Crippen molar-refractivity contribution >= 4 is 34.2 Å². The lowest BCUT2D eigenvalue weighted by Gasteiger charge is -2.24. The van der Waals surface area contributed by atoms with E-state index in [9.17, 15) is 4.79 Å². The number of halogens is 1. The largest absolute Gasteiger partial charge is 0.396 e. The van der Waals surface area contributed by atoms with Crippen molar-refractivity contribution in [1.29, 1.82) is 0 Å². The molecular weight excluding hydrogens is 372 g/mol. The molecule has 2 heterocycles. The van der Waals surface area contributed by atoms with Gasteiger partial charge in [0.1, 0.15) is 11.8 Å². The molecule has 0 amide bonds. The molecule has 1 aliphatic rings. The van der Waals surface area contributed by atoms with Crippen LogP contribution >= 0.6 is 11.6 Å². The highest BCUT2D eigenvalue weighted by Gasteiger charge is 2.31. The molecule has 2 N–H and O–H groups in total. The van der Waals surface area contributed by atoms with Gasteiger partial charge in [-0.05, 0) is 42.2 Å². The molecule has 0 saturated carbocycles. The van der Waals surface area contributed by atoms with Gasteiger partial charge in [0.05, 0.1) is 16.9 Å². The lowest BCUT2D eigenvalue weighted by atomic mass is 9.81. The van der Waals surface area contributed by atoms with Crippen molar-refractivity contribution in [3.05, 3.63) is 82.8 Å². The van der Waals surface area contributed by atoms with E-state index in [4.69, 9.17) is 22.3 Å². The van der Waals surface area contributed by atoms with Crippen molar-refractivity contribution in [2.75, 3.05) is 5.73 Å². The lowest BCUT2D eigenvalue weighted by molar-refractivity contribution is 0.0964. The van der Waals surface area contributed by atoms with Gasteiger partial charge in [0.2, 0.25) is 0 Å². The van der Waals surface area contributed by atoms with Gasteiger partial charge in [0.15, 0.2) is 11.4 Å². The first-order valence-electron chi connectivity index (χ1n) is 9.11. The Kier molecular flexibility index (Phi) is 3.91. The minimum absolute atomic E-state index is 0.00684. The fraction of sp³-hybridized carbons (Fsp3) is 0.136. The van der Waals surface area contributed by atoms with Crippen LogP contribution in [0.1, 0.15) is 34.0 Å². The number of fused-ring (bicyclic) bond motifs is 2. The first kappa shape index (κ1) is 17.0. The minimum atomic E-state index is 0.00684. The van der Waals surface area contributed by atoms with Crippen LogP contribution in [0, 0.1) is 0 Å². The van der Waals surface area contributed by atoms with E-state index in [1.807, 2.05) is 59.2 Å². The molecule has 0 aliphatic heterocycles. The predicted octanol–water partition coefficient (Wildman–Crippen LogP) is 4.57. The van der Waals surface area contributed by atoms with Gasteiger partial charge >= 0.3 is 0 Å². The van der Waals surface area contributed by atoms with Crippen molar-refractivity contribution in [2.45, 2.75) is 18.8 Å². The summed E-state index contributed by atoms with van der Waals surface area (Å²) in [6.45, 7) is 0. The van der Waals surface area contributed by atoms with Gasteiger partial charge in [-0.1, -0.05) is 41.9 Å². The Morgan fingerprint density at radius 3 is 2.68 bits per heavy atom. The number of hydrogen-bond donors (Lipinski definition) is 1. The third-order valence-corrected chi connectivity index (χ3v) is 5.54. The molecule has 0 fully saturated rings. The van der Waals surface area contributed by atoms with Crippen molar-refractivity contribution in [3.8, 4) is 5.69 Å². The maximum atomic E-state index is 12.9. The number of Topliss-reactive ketones (excluding diaryl/α,β-unsaturated/α-hetero) is 1. The summed E-state index contributed by atoms with van der Waals surface area (Å²) in [5.74, 6) is 0.0449. The molecule has 0 bridgehead atoms. The van der Waals surface area contributed by atoms with Crippen LogP contribution in [0.25, 0.3) is 16.9 Å². The van der Waals surface area contributed by atoms with E-state index < -0.39 is 0 Å². The molecular formula is C22H17ClN4O. The van der Waals surface area contributed by atoms with Crippen LogP contribution in [0.2, 0.25) is 5.02 Å². The van der Waals surface area contributed by atoms with Crippen molar-refractivity contribution in [1.82, 2.24) is 14.5 Å². The molecule has 2 aromatic heterocycles. The standard InChI is InChI=1S/C22H17ClN4O/c23-15-6-4-5-13(9-15)14-10-17-19(18(28)11-14)20(24)21-22(26-17)27(12-25-21)16-7-2-1-3-8-16/h1-9,12,14H,10-11H2,(H2,24,26). The Morgan fingerprint density at radius 1 is 1.07 bits per heavy atom. The molecule has 0 saturated heterocycles. The van der Waals surface area contributed by atoms with E-state index >= 15 is 0 Å². The van der Waals surface area contributed by atoms with Crippen LogP contribution in [-0.4, -0.2) is 20.3 Å². The van der Waals surface area contributed by atoms with E-state index in [-0.39, 0.29) is 11.7 Å². The third kappa shape index (κ3) is 2.67. The average molecular weight is 389 g/mol. The molecule has 5 nitrogen and oxygen atoms in total. The quantitative estimate of drug-likeness (QED) is 0.546. The minimum Gasteiger partial charge on any atom is -0.396 e. The number of nitrogens with zero attached hydrogens (tertiary/aromatic N) is 3. The number of nitrogens with two attached hydrogens (primary N) is 1. The Bertz CT molecular complexity index is 1220. The van der Waals surface area contributed by atoms with Crippen LogP contribution in [0.3, 0.4) is 0 Å². The summed E-state index contributed by atoms with van der Waals surface area (Å²) in [4.78, 5) is 22.2. The number of carbonyl (C=O) groups is 1. The van der Waals surface area contributed by atoms with Crippen LogP contribution in [0.15, 0.2) is 60.9 Å². The first-order chi connectivity index (χ1) is 13.6. The molecule has 1 unspecified atom stereocenters. The summed E-state index contributed by atoms with van der Waals surface area (Å²) >= 11 is 6.15. The fourth-order valence-electron chi connectivity index (χ4n) is 3.96. The van der Waals surface area contributed by atoms with Crippen LogP contribution in [0.4, 0.5) is 5.69 Å². The van der Waals surface area contributed by atoms with Gasteiger partial charge in [-0.15, -0.1) is 0 Å². The lowest BCUT2D eigenvalue weighted by Crippen LogP contribution is -2.22. The maximum Gasteiger partial charge on any atom is 0.167 e. The molecule has 28 heavy (non-hydrogen) atoms. The highest BCUT2D eigenvalue weighted by Crippen LogP contribution is 2.37. The number of benzene rings is 2. The second-order valence-corrected chi connectivity index (χ2v) is 7.49. The molecule has 1 atom stereocenters. The van der Waals surface area contributed by atoms with Crippen molar-refractivity contribution in [3.63, 3.8) is 0 Å². The molecule has 0 radical (unpaired) electrons. The van der Waals surface area contributed by atoms with Gasteiger partial charge in [0.25, 0.3) is 0 Å². The summed E-state index contributed by atoms with van der Waals surface area (Å²) < 4.78 is 1.90. The Morgan fingerprint density at radius 2 is 1.89 bits per heavy atom. The van der Waals surface area contributed by atoms with Crippen molar-refractivity contribution in [2.24, 2.45) is 0 Å². The number of aromatic nitrogens is 3. The molecule has 2 aromatic carbocycles. The number of imidazole rings is 1. The molecule has 4 aromatic rings. The number of ketones is 1. The number of nitrogen functional groups attached to an aromatic ring is 1. The fourth-order valence-corrected chi connectivity index (χ4v) is 4.16. The Balaban J connectivity index is 1.65. The number of para-hydroxylation sites is 1. The molecule has 1 aliphatic carbocycles. The first-order valence-corrected chi connectivity index (χ1v) is 9.49. The summed E-state index contributed by atoms with van der Waals surface area (Å²) in [6, 6.07) is 17.5. The number of hydrogen-bond acceptors (Lipinski definition) is 4. The predicted molar refractivity (Wildman–Crippen MR) is 110 cm³/mol. The zero-order chi connectivity index (χ0) is 19.3. The average Bonchev–Trinajstić information content (AvgIpc) is 3.12. The van der Waals surface area contributed by atoms with E-state index in [2.05, 4.69) is 4.98 Å². The van der Waals surface area contributed by atoms with E-state index in [1.54, 1.807) is 6.33 Å². The van der Waals surface area contributed by atoms with E-state index in [0.29, 0.717) is 40.3 Å². The zero-order valence-electron chi connectivity index (χ0n) is 15.0. The van der Waals surface area contributed by atoms with Crippen LogP contribution < -0.4 is 5.73 Å². The number of rotatable bonds is 2. The van der Waals surface area contributed by atoms with Gasteiger partial charge < -0.3 is 5.73 Å². The molecule has 0 spiro atoms. The maximum absolute atomic E-state index is 12.9. The van der Waals surface area contributed by atoms with Crippen LogP contribution in [-0.2, 0) is 6.42 Å². The van der Waals surface area contributed by atoms with Gasteiger partial charge in [-0.3, -0.25) is 9.36 Å². The summed E-state index contributed by atoms with van der Waals surface area (Å²) in [7, 11) is 0. The smallest absolute Gasteiger partial charge is 0.167 e. The molecule has 6 heteroatoms. The summed E-state index contributed by atoms with van der Waals surface area (Å²) in [5.41, 5.74) is 11.3. The van der Waals surface area contributed by atoms with Gasteiger partial charge in [-0.25, -0.2) is 9.97 Å². The van der Waals surface area contributed by atoms with Gasteiger partial charge in [0, 0.05) is 17.1 Å². The van der Waals surface area contributed by atoms with Crippen LogP contribution in [0.5, 0.6) is 0 Å². The second-order valence-electron chi connectivity index (χ2n) is 7.05. The number of carbonyl (C=O) groups excluding carboxylic acids is 1. The van der Waals surface area contributed by atoms with Gasteiger partial charge in [-0.2, -0.15) is 0 Å². The van der Waals surface area contributed by atoms with Crippen molar-refractivity contribution < 1.29 is 4.79 Å². The number of anilines is 1. The highest BCUT2D eigenvalue weighted by atomic mass is 35.5. The van der Waals surface area contributed by atoms with E-state index in [0.717, 1.165) is 16.9 Å². The SMILES string of the molecule is Nc1c2c(nc3c1ncn3-c1ccccc1)CC(c1cccc(Cl)c1)CC2=O. The summed E-state index contributed by atoms with van der Waals surface area (Å²) in [5, 5.41) is 0.667. The molecule has 138 valence electrons. The highest BCUT2D eigenvalue weighted by molar-refractivity contribution is 6.30.